The van der Waals surface area contributed by atoms with Crippen LogP contribution in [0.4, 0.5) is 0 Å². The molecule has 3 unspecified atom stereocenters. The minimum atomic E-state index is -4.96. The van der Waals surface area contributed by atoms with E-state index in [1.165, 1.54) is 154 Å². The van der Waals surface area contributed by atoms with E-state index < -0.39 is 97.5 Å². The Labute approximate surface area is 580 Å². The van der Waals surface area contributed by atoms with Crippen molar-refractivity contribution in [2.24, 2.45) is 17.8 Å². The van der Waals surface area contributed by atoms with E-state index in [0.717, 1.165) is 121 Å². The van der Waals surface area contributed by atoms with Crippen LogP contribution in [0.3, 0.4) is 0 Å². The molecule has 0 heterocycles. The smallest absolute Gasteiger partial charge is 0.462 e. The Hall–Kier alpha value is -2.46. The summed E-state index contributed by atoms with van der Waals surface area (Å²) in [5.41, 5.74) is 0. The number of phosphoric ester groups is 2. The Morgan fingerprint density at radius 2 is 0.621 bits per heavy atom. The lowest BCUT2D eigenvalue weighted by molar-refractivity contribution is -0.161. The zero-order valence-corrected chi connectivity index (χ0v) is 63.4. The predicted octanol–water partition coefficient (Wildman–Crippen LogP) is 21.7. The maximum atomic E-state index is 13.0. The molecule has 560 valence electrons. The fourth-order valence-corrected chi connectivity index (χ4v) is 12.6. The van der Waals surface area contributed by atoms with Gasteiger partial charge in [0.2, 0.25) is 0 Å². The number of ether oxygens (including phenoxy) is 4. The lowest BCUT2D eigenvalue weighted by Gasteiger charge is -2.21. The van der Waals surface area contributed by atoms with Crippen LogP contribution in [0.25, 0.3) is 0 Å². The fraction of sp³-hybridized carbons (Fsp3) is 0.895. The Morgan fingerprint density at radius 1 is 0.347 bits per heavy atom. The summed E-state index contributed by atoms with van der Waals surface area (Å²) in [7, 11) is -9.92. The van der Waals surface area contributed by atoms with Gasteiger partial charge in [0.05, 0.1) is 26.4 Å². The number of rotatable bonds is 72. The predicted molar refractivity (Wildman–Crippen MR) is 386 cm³/mol. The molecule has 0 fully saturated rings. The molecule has 0 radical (unpaired) electrons. The molecule has 0 bridgehead atoms. The van der Waals surface area contributed by atoms with Crippen molar-refractivity contribution in [3.8, 4) is 0 Å². The number of allylic oxidation sites excluding steroid dienone is 4. The Bertz CT molecular complexity index is 1950. The van der Waals surface area contributed by atoms with Gasteiger partial charge in [0.1, 0.15) is 19.3 Å². The molecule has 0 rings (SSSR count). The number of phosphoric acid groups is 2. The molecule has 0 aliphatic carbocycles. The van der Waals surface area contributed by atoms with Gasteiger partial charge in [0, 0.05) is 25.7 Å². The molecule has 0 saturated carbocycles. The van der Waals surface area contributed by atoms with Gasteiger partial charge in [-0.1, -0.05) is 310 Å². The highest BCUT2D eigenvalue weighted by Crippen LogP contribution is 2.45. The van der Waals surface area contributed by atoms with Crippen molar-refractivity contribution in [1.29, 1.82) is 0 Å². The molecule has 0 aliphatic rings. The third kappa shape index (κ3) is 68.5. The van der Waals surface area contributed by atoms with Gasteiger partial charge in [-0.05, 0) is 69.1 Å². The van der Waals surface area contributed by atoms with Crippen LogP contribution < -0.4 is 0 Å². The van der Waals surface area contributed by atoms with Gasteiger partial charge >= 0.3 is 39.5 Å². The molecule has 17 nitrogen and oxygen atoms in total. The highest BCUT2D eigenvalue weighted by atomic mass is 31.2. The molecule has 19 heteroatoms. The lowest BCUT2D eigenvalue weighted by Crippen LogP contribution is -2.30. The second-order valence-electron chi connectivity index (χ2n) is 27.9. The number of unbranched alkanes of at least 4 members (excludes halogenated alkanes) is 36. The highest BCUT2D eigenvalue weighted by molar-refractivity contribution is 7.47. The standard InChI is InChI=1S/C76H144O17P2/c1-8-10-11-12-13-14-15-16-21-26-29-32-35-45-52-59-75(80)92-71(64-87-74(79)58-51-44-39-37-42-49-56-69(7)9-2)65-90-94(82,83)88-61-70(77)62-89-95(84,85)91-66-72(93-76(81)60-53-46-38-36-41-48-55-68(5)6)63-86-73(78)57-50-43-34-31-28-25-23-20-18-17-19-22-24-27-30-33-40-47-54-67(3)4/h14-16,21,67-72,77H,8-13,17-20,22-66H2,1-7H3,(H,82,83)(H,84,85)/b15-14-,21-16-/t69?,70-,71+,72+/m0/s1. The number of hydrogen-bond donors (Lipinski definition) is 3. The molecule has 0 aromatic heterocycles. The van der Waals surface area contributed by atoms with Crippen molar-refractivity contribution in [1.82, 2.24) is 0 Å². The average Bonchev–Trinajstić information content (AvgIpc) is 3.71. The molecule has 0 aromatic rings. The van der Waals surface area contributed by atoms with Gasteiger partial charge in [0.15, 0.2) is 12.2 Å². The van der Waals surface area contributed by atoms with Crippen LogP contribution in [-0.2, 0) is 65.4 Å². The Morgan fingerprint density at radius 3 is 0.937 bits per heavy atom. The van der Waals surface area contributed by atoms with E-state index in [-0.39, 0.29) is 25.7 Å². The Balaban J connectivity index is 5.16. The quantitative estimate of drug-likeness (QED) is 0.0169. The molecule has 0 aliphatic heterocycles. The third-order valence-corrected chi connectivity index (χ3v) is 19.3. The number of carbonyl (C=O) groups excluding carboxylic acids is 4. The van der Waals surface area contributed by atoms with Crippen molar-refractivity contribution in [3.63, 3.8) is 0 Å². The normalized spacial score (nSPS) is 14.5. The molecule has 0 amide bonds. The number of esters is 4. The van der Waals surface area contributed by atoms with Gasteiger partial charge in [-0.25, -0.2) is 9.13 Å². The van der Waals surface area contributed by atoms with Gasteiger partial charge in [-0.15, -0.1) is 0 Å². The summed E-state index contributed by atoms with van der Waals surface area (Å²) in [6.07, 6.45) is 55.3. The molecule has 0 spiro atoms. The van der Waals surface area contributed by atoms with Crippen molar-refractivity contribution in [2.45, 2.75) is 381 Å². The molecular formula is C76H144O17P2. The molecule has 6 atom stereocenters. The first-order valence-electron chi connectivity index (χ1n) is 38.7. The minimum Gasteiger partial charge on any atom is -0.462 e. The van der Waals surface area contributed by atoms with Gasteiger partial charge < -0.3 is 33.8 Å². The third-order valence-electron chi connectivity index (χ3n) is 17.4. The van der Waals surface area contributed by atoms with E-state index in [4.69, 9.17) is 37.0 Å². The van der Waals surface area contributed by atoms with Crippen molar-refractivity contribution in [2.75, 3.05) is 39.6 Å². The summed E-state index contributed by atoms with van der Waals surface area (Å²) in [5, 5.41) is 10.6. The summed E-state index contributed by atoms with van der Waals surface area (Å²) in [5.74, 6) is 0.0607. The fourth-order valence-electron chi connectivity index (χ4n) is 11.0. The second-order valence-corrected chi connectivity index (χ2v) is 30.8. The van der Waals surface area contributed by atoms with Crippen LogP contribution in [0.1, 0.15) is 363 Å². The first-order valence-corrected chi connectivity index (χ1v) is 41.7. The summed E-state index contributed by atoms with van der Waals surface area (Å²) in [4.78, 5) is 72.7. The van der Waals surface area contributed by atoms with Crippen molar-refractivity contribution < 1.29 is 80.2 Å². The zero-order valence-electron chi connectivity index (χ0n) is 61.6. The van der Waals surface area contributed by atoms with Crippen LogP contribution in [0.5, 0.6) is 0 Å². The van der Waals surface area contributed by atoms with E-state index >= 15 is 0 Å². The van der Waals surface area contributed by atoms with Crippen LogP contribution >= 0.6 is 15.6 Å². The molecule has 0 aromatic carbocycles. The van der Waals surface area contributed by atoms with Gasteiger partial charge in [-0.2, -0.15) is 0 Å². The summed E-state index contributed by atoms with van der Waals surface area (Å²) in [6.45, 7) is 11.7. The molecule has 95 heavy (non-hydrogen) atoms. The number of aliphatic hydroxyl groups excluding tert-OH is 1. The van der Waals surface area contributed by atoms with E-state index in [1.807, 2.05) is 0 Å². The van der Waals surface area contributed by atoms with Gasteiger partial charge in [0.25, 0.3) is 0 Å². The first-order chi connectivity index (χ1) is 45.8. The summed E-state index contributed by atoms with van der Waals surface area (Å²) in [6, 6.07) is 0. The van der Waals surface area contributed by atoms with E-state index in [9.17, 15) is 43.2 Å². The van der Waals surface area contributed by atoms with Crippen LogP contribution in [-0.4, -0.2) is 96.7 Å². The second kappa shape index (κ2) is 66.1. The Kier molecular flexibility index (Phi) is 64.4. The van der Waals surface area contributed by atoms with E-state index in [2.05, 4.69) is 72.8 Å². The highest BCUT2D eigenvalue weighted by Gasteiger charge is 2.30. The molecule has 3 N–H and O–H groups in total. The van der Waals surface area contributed by atoms with E-state index in [0.29, 0.717) is 31.6 Å². The maximum absolute atomic E-state index is 13.0. The lowest BCUT2D eigenvalue weighted by atomic mass is 10.00. The van der Waals surface area contributed by atoms with Crippen LogP contribution in [0.2, 0.25) is 0 Å². The topological polar surface area (TPSA) is 237 Å². The molecular weight excluding hydrogens is 1250 g/mol. The summed E-state index contributed by atoms with van der Waals surface area (Å²) < 4.78 is 68.3. The average molecular weight is 1390 g/mol. The minimum absolute atomic E-state index is 0.0837. The zero-order chi connectivity index (χ0) is 70.1. The SMILES string of the molecule is CCCCCC/C=C\C=C/CCCCCCCC(=O)O[C@H](COC(=O)CCCCCCCCC(C)CC)COP(=O)(O)OC[C@H](O)COP(=O)(O)OC[C@@H](COC(=O)CCCCCCCCCCCCCCCCCCCCC(C)C)OC(=O)CCCCCCCCC(C)C. The van der Waals surface area contributed by atoms with Gasteiger partial charge in [-0.3, -0.25) is 37.3 Å². The van der Waals surface area contributed by atoms with Crippen molar-refractivity contribution in [3.05, 3.63) is 24.3 Å². The van der Waals surface area contributed by atoms with Crippen molar-refractivity contribution >= 4 is 39.5 Å². The monoisotopic (exact) mass is 1390 g/mol. The van der Waals surface area contributed by atoms with Crippen LogP contribution in [0.15, 0.2) is 24.3 Å². The molecule has 0 saturated heterocycles. The maximum Gasteiger partial charge on any atom is 0.472 e. The number of carbonyl (C=O) groups is 4. The number of aliphatic hydroxyl groups is 1. The largest absolute Gasteiger partial charge is 0.472 e. The number of hydrogen-bond acceptors (Lipinski definition) is 15. The van der Waals surface area contributed by atoms with E-state index in [1.54, 1.807) is 0 Å². The van der Waals surface area contributed by atoms with Crippen LogP contribution in [0, 0.1) is 17.8 Å². The first kappa shape index (κ1) is 92.5. The summed E-state index contributed by atoms with van der Waals surface area (Å²) >= 11 is 0.